The molecule has 1 saturated heterocycles. The van der Waals surface area contributed by atoms with E-state index in [-0.39, 0.29) is 5.82 Å². The van der Waals surface area contributed by atoms with Gasteiger partial charge in [-0.15, -0.1) is 0 Å². The van der Waals surface area contributed by atoms with Gasteiger partial charge in [0, 0.05) is 18.2 Å². The Hall–Kier alpha value is -0.890. The Morgan fingerprint density at radius 2 is 2.21 bits per heavy atom. The van der Waals surface area contributed by atoms with Gasteiger partial charge in [0.2, 0.25) is 0 Å². The van der Waals surface area contributed by atoms with Crippen molar-refractivity contribution in [2.75, 3.05) is 6.54 Å². The van der Waals surface area contributed by atoms with E-state index in [1.165, 1.54) is 18.9 Å². The summed E-state index contributed by atoms with van der Waals surface area (Å²) < 4.78 is 13.3. The molecule has 14 heavy (non-hydrogen) atoms. The van der Waals surface area contributed by atoms with Gasteiger partial charge < -0.3 is 0 Å². The first-order valence-corrected chi connectivity index (χ1v) is 5.25. The summed E-state index contributed by atoms with van der Waals surface area (Å²) in [5.74, 6) is -0.0772. The van der Waals surface area contributed by atoms with Gasteiger partial charge in [-0.25, -0.2) is 4.39 Å². The lowest BCUT2D eigenvalue weighted by molar-refractivity contribution is 0.256. The smallest absolute Gasteiger partial charge is 0.127 e. The van der Waals surface area contributed by atoms with E-state index in [1.807, 2.05) is 12.1 Å². The lowest BCUT2D eigenvalue weighted by atomic mass is 10.2. The second kappa shape index (κ2) is 4.09. The zero-order chi connectivity index (χ0) is 9.97. The molecule has 0 bridgehead atoms. The fourth-order valence-electron chi connectivity index (χ4n) is 2.07. The highest BCUT2D eigenvalue weighted by Gasteiger charge is 2.20. The molecular weight excluding hydrogens is 177 g/mol. The number of rotatable bonds is 2. The van der Waals surface area contributed by atoms with Crippen molar-refractivity contribution in [2.24, 2.45) is 0 Å². The van der Waals surface area contributed by atoms with E-state index >= 15 is 0 Å². The zero-order valence-corrected chi connectivity index (χ0v) is 8.54. The van der Waals surface area contributed by atoms with Gasteiger partial charge in [-0.3, -0.25) is 4.90 Å². The van der Waals surface area contributed by atoms with E-state index in [1.54, 1.807) is 6.07 Å². The van der Waals surface area contributed by atoms with Crippen molar-refractivity contribution in [1.82, 2.24) is 4.90 Å². The van der Waals surface area contributed by atoms with Crippen LogP contribution in [0.4, 0.5) is 4.39 Å². The second-order valence-corrected chi connectivity index (χ2v) is 4.05. The van der Waals surface area contributed by atoms with E-state index in [4.69, 9.17) is 0 Å². The maximum absolute atomic E-state index is 13.3. The Kier molecular flexibility index (Phi) is 2.82. The fourth-order valence-corrected chi connectivity index (χ4v) is 2.07. The van der Waals surface area contributed by atoms with Crippen molar-refractivity contribution in [3.8, 4) is 0 Å². The van der Waals surface area contributed by atoms with Crippen molar-refractivity contribution in [3.05, 3.63) is 35.6 Å². The third kappa shape index (κ3) is 1.95. The molecule has 0 aromatic heterocycles. The van der Waals surface area contributed by atoms with Crippen LogP contribution in [0.3, 0.4) is 0 Å². The molecule has 1 aromatic rings. The van der Waals surface area contributed by atoms with E-state index in [2.05, 4.69) is 11.8 Å². The molecule has 1 aromatic carbocycles. The van der Waals surface area contributed by atoms with Crippen LogP contribution in [0.25, 0.3) is 0 Å². The van der Waals surface area contributed by atoms with Crippen molar-refractivity contribution < 1.29 is 4.39 Å². The molecule has 0 aliphatic carbocycles. The molecule has 1 aliphatic heterocycles. The first-order chi connectivity index (χ1) is 6.77. The highest BCUT2D eigenvalue weighted by Crippen LogP contribution is 2.20. The summed E-state index contributed by atoms with van der Waals surface area (Å²) in [5.41, 5.74) is 0.821. The summed E-state index contributed by atoms with van der Waals surface area (Å²) in [6.45, 7) is 4.08. The third-order valence-corrected chi connectivity index (χ3v) is 3.02. The molecule has 0 saturated carbocycles. The van der Waals surface area contributed by atoms with Gasteiger partial charge in [-0.1, -0.05) is 18.2 Å². The molecule has 76 valence electrons. The maximum Gasteiger partial charge on any atom is 0.127 e. The summed E-state index contributed by atoms with van der Waals surface area (Å²) >= 11 is 0. The second-order valence-electron chi connectivity index (χ2n) is 4.05. The number of hydrogen-bond donors (Lipinski definition) is 0. The van der Waals surface area contributed by atoms with E-state index in [9.17, 15) is 4.39 Å². The van der Waals surface area contributed by atoms with Crippen LogP contribution in [0.5, 0.6) is 0 Å². The molecule has 1 atom stereocenters. The Balaban J connectivity index is 2.07. The van der Waals surface area contributed by atoms with Gasteiger partial charge >= 0.3 is 0 Å². The number of nitrogens with zero attached hydrogens (tertiary/aromatic N) is 1. The predicted octanol–water partition coefficient (Wildman–Crippen LogP) is 2.81. The standard InChI is InChI=1S/C12H16FN/c1-10-5-4-8-14(10)9-11-6-2-3-7-12(11)13/h2-3,6-7,10H,4-5,8-9H2,1H3. The van der Waals surface area contributed by atoms with Gasteiger partial charge in [0.05, 0.1) is 0 Å². The molecule has 1 fully saturated rings. The number of hydrogen-bond acceptors (Lipinski definition) is 1. The van der Waals surface area contributed by atoms with Crippen LogP contribution in [0.2, 0.25) is 0 Å². The van der Waals surface area contributed by atoms with Crippen LogP contribution < -0.4 is 0 Å². The molecule has 2 heteroatoms. The predicted molar refractivity (Wildman–Crippen MR) is 55.5 cm³/mol. The molecular formula is C12H16FN. The van der Waals surface area contributed by atoms with Crippen LogP contribution in [-0.4, -0.2) is 17.5 Å². The summed E-state index contributed by atoms with van der Waals surface area (Å²) in [7, 11) is 0. The number of halogens is 1. The molecule has 1 heterocycles. The van der Waals surface area contributed by atoms with Crippen LogP contribution in [0, 0.1) is 5.82 Å². The molecule has 0 amide bonds. The molecule has 1 aliphatic rings. The summed E-state index contributed by atoms with van der Waals surface area (Å²) in [5, 5.41) is 0. The monoisotopic (exact) mass is 193 g/mol. The molecule has 2 rings (SSSR count). The van der Waals surface area contributed by atoms with Gasteiger partial charge in [0.25, 0.3) is 0 Å². The number of likely N-dealkylation sites (tertiary alicyclic amines) is 1. The highest BCUT2D eigenvalue weighted by atomic mass is 19.1. The van der Waals surface area contributed by atoms with Crippen LogP contribution in [0.15, 0.2) is 24.3 Å². The fraction of sp³-hybridized carbons (Fsp3) is 0.500. The topological polar surface area (TPSA) is 3.24 Å². The van der Waals surface area contributed by atoms with E-state index < -0.39 is 0 Å². The van der Waals surface area contributed by atoms with Crippen LogP contribution in [0.1, 0.15) is 25.3 Å². The average molecular weight is 193 g/mol. The molecule has 1 unspecified atom stereocenters. The number of benzene rings is 1. The van der Waals surface area contributed by atoms with Crippen LogP contribution >= 0.6 is 0 Å². The minimum Gasteiger partial charge on any atom is -0.296 e. The van der Waals surface area contributed by atoms with Crippen LogP contribution in [-0.2, 0) is 6.54 Å². The van der Waals surface area contributed by atoms with Gasteiger partial charge in [0.1, 0.15) is 5.82 Å². The van der Waals surface area contributed by atoms with Crippen molar-refractivity contribution in [3.63, 3.8) is 0 Å². The Bertz CT molecular complexity index is 311. The zero-order valence-electron chi connectivity index (χ0n) is 8.54. The first-order valence-electron chi connectivity index (χ1n) is 5.25. The summed E-state index contributed by atoms with van der Waals surface area (Å²) in [6, 6.07) is 7.66. The quantitative estimate of drug-likeness (QED) is 0.698. The van der Waals surface area contributed by atoms with Crippen molar-refractivity contribution in [1.29, 1.82) is 0 Å². The van der Waals surface area contributed by atoms with Gasteiger partial charge in [0.15, 0.2) is 0 Å². The largest absolute Gasteiger partial charge is 0.296 e. The van der Waals surface area contributed by atoms with E-state index in [0.29, 0.717) is 6.04 Å². The summed E-state index contributed by atoms with van der Waals surface area (Å²) in [6.07, 6.45) is 2.49. The molecule has 0 N–H and O–H groups in total. The minimum atomic E-state index is -0.0772. The minimum absolute atomic E-state index is 0.0772. The molecule has 1 nitrogen and oxygen atoms in total. The normalized spacial score (nSPS) is 22.9. The van der Waals surface area contributed by atoms with Crippen molar-refractivity contribution >= 4 is 0 Å². The first kappa shape index (κ1) is 9.66. The molecule has 0 spiro atoms. The Labute approximate surface area is 84.5 Å². The van der Waals surface area contributed by atoms with Crippen molar-refractivity contribution in [2.45, 2.75) is 32.4 Å². The van der Waals surface area contributed by atoms with E-state index in [0.717, 1.165) is 18.7 Å². The van der Waals surface area contributed by atoms with Gasteiger partial charge in [-0.05, 0) is 32.4 Å². The SMILES string of the molecule is CC1CCCN1Cc1ccccc1F. The third-order valence-electron chi connectivity index (χ3n) is 3.02. The lowest BCUT2D eigenvalue weighted by Crippen LogP contribution is -2.26. The maximum atomic E-state index is 13.3. The lowest BCUT2D eigenvalue weighted by Gasteiger charge is -2.20. The summed E-state index contributed by atoms with van der Waals surface area (Å²) in [4.78, 5) is 2.35. The Morgan fingerprint density at radius 3 is 2.86 bits per heavy atom. The van der Waals surface area contributed by atoms with Gasteiger partial charge in [-0.2, -0.15) is 0 Å². The Morgan fingerprint density at radius 1 is 1.43 bits per heavy atom. The molecule has 0 radical (unpaired) electrons. The average Bonchev–Trinajstić information content (AvgIpc) is 2.56. The highest BCUT2D eigenvalue weighted by molar-refractivity contribution is 5.17.